The maximum atomic E-state index is 13.4. The summed E-state index contributed by atoms with van der Waals surface area (Å²) in [4.78, 5) is 38.5. The van der Waals surface area contributed by atoms with Gasteiger partial charge in [0.1, 0.15) is 23.9 Å². The van der Waals surface area contributed by atoms with Crippen LogP contribution in [0.1, 0.15) is 58.1 Å². The van der Waals surface area contributed by atoms with E-state index in [1.54, 1.807) is 26.8 Å². The lowest BCUT2D eigenvalue weighted by Crippen LogP contribution is -2.55. The number of fused-ring (bicyclic) bond motifs is 1. The van der Waals surface area contributed by atoms with E-state index in [0.29, 0.717) is 0 Å². The average molecular weight is 611 g/mol. The third-order valence-electron chi connectivity index (χ3n) is 7.44. The Labute approximate surface area is 257 Å². The fourth-order valence-corrected chi connectivity index (χ4v) is 5.33. The zero-order valence-electron chi connectivity index (χ0n) is 25.4. The second-order valence-electron chi connectivity index (χ2n) is 12.2. The van der Waals surface area contributed by atoms with Crippen molar-refractivity contribution in [2.24, 2.45) is 0 Å². The van der Waals surface area contributed by atoms with Crippen molar-refractivity contribution in [2.75, 3.05) is 6.61 Å². The summed E-state index contributed by atoms with van der Waals surface area (Å²) in [5.74, 6) is -3.20. The third-order valence-corrected chi connectivity index (χ3v) is 7.44. The smallest absolute Gasteiger partial charge is 0.306 e. The first-order valence-electron chi connectivity index (χ1n) is 14.8. The molecule has 0 unspecified atom stereocenters. The molecule has 2 aromatic carbocycles. The first-order valence-corrected chi connectivity index (χ1v) is 14.8. The van der Waals surface area contributed by atoms with Gasteiger partial charge in [0.25, 0.3) is 0 Å². The van der Waals surface area contributed by atoms with E-state index >= 15 is 0 Å². The Hall–Kier alpha value is -3.61. The van der Waals surface area contributed by atoms with Crippen molar-refractivity contribution in [3.8, 4) is 0 Å². The van der Waals surface area contributed by atoms with E-state index in [0.717, 1.165) is 11.1 Å². The molecule has 2 aromatic rings. The highest BCUT2D eigenvalue weighted by atomic mass is 16.8. The minimum absolute atomic E-state index is 0.0443. The van der Waals surface area contributed by atoms with Gasteiger partial charge in [-0.2, -0.15) is 0 Å². The van der Waals surface area contributed by atoms with Crippen molar-refractivity contribution >= 4 is 17.8 Å². The fraction of sp³-hybridized carbons (Fsp3) is 0.485. The van der Waals surface area contributed by atoms with E-state index in [2.05, 4.69) is 10.6 Å². The zero-order valence-corrected chi connectivity index (χ0v) is 25.4. The van der Waals surface area contributed by atoms with Gasteiger partial charge in [0.05, 0.1) is 24.9 Å². The predicted molar refractivity (Wildman–Crippen MR) is 160 cm³/mol. The minimum atomic E-state index is -1.37. The van der Waals surface area contributed by atoms with Crippen LogP contribution >= 0.6 is 0 Å². The van der Waals surface area contributed by atoms with E-state index in [1.165, 1.54) is 6.92 Å². The van der Waals surface area contributed by atoms with Gasteiger partial charge in [-0.3, -0.25) is 14.4 Å². The summed E-state index contributed by atoms with van der Waals surface area (Å²) >= 11 is 0. The number of esters is 1. The van der Waals surface area contributed by atoms with Gasteiger partial charge >= 0.3 is 5.97 Å². The Bertz CT molecular complexity index is 1280. The van der Waals surface area contributed by atoms with Gasteiger partial charge in [-0.1, -0.05) is 60.7 Å². The number of aliphatic hydroxyl groups excluding tert-OH is 3. The number of hydrogen-bond acceptors (Lipinski definition) is 9. The summed E-state index contributed by atoms with van der Waals surface area (Å²) in [5, 5.41) is 36.3. The van der Waals surface area contributed by atoms with Crippen LogP contribution in [0.4, 0.5) is 0 Å². The second-order valence-corrected chi connectivity index (χ2v) is 12.2. The largest absolute Gasteiger partial charge is 0.460 e. The molecule has 11 heteroatoms. The van der Waals surface area contributed by atoms with Gasteiger partial charge < -0.3 is 40.2 Å². The van der Waals surface area contributed by atoms with Gasteiger partial charge in [-0.25, -0.2) is 0 Å². The van der Waals surface area contributed by atoms with E-state index in [9.17, 15) is 29.7 Å². The molecule has 238 valence electrons. The van der Waals surface area contributed by atoms with Crippen LogP contribution in [-0.2, 0) is 34.4 Å². The molecule has 44 heavy (non-hydrogen) atoms. The molecule has 11 nitrogen and oxygen atoms in total. The van der Waals surface area contributed by atoms with Crippen LogP contribution in [0.5, 0.6) is 0 Å². The highest BCUT2D eigenvalue weighted by Gasteiger charge is 2.53. The molecule has 1 aliphatic heterocycles. The van der Waals surface area contributed by atoms with Crippen LogP contribution in [-0.4, -0.2) is 81.8 Å². The van der Waals surface area contributed by atoms with Gasteiger partial charge in [-0.15, -0.1) is 0 Å². The monoisotopic (exact) mass is 610 g/mol. The fourth-order valence-electron chi connectivity index (χ4n) is 5.33. The van der Waals surface area contributed by atoms with Gasteiger partial charge in [0, 0.05) is 29.5 Å². The number of ether oxygens (including phenoxy) is 3. The number of nitrogens with one attached hydrogen (secondary N) is 2. The molecule has 1 aliphatic carbocycles. The SMILES string of the molecule is C[C@H](O)[C@@H](NC(=O)C1=C[C@H]2OC(c3ccccc3)(c3ccccc3)O[C@H]2[C@H](O)C1)C(=O)N[C@H](CO)CCC(=O)OC(C)(C)C. The Morgan fingerprint density at radius 3 is 2.11 bits per heavy atom. The van der Waals surface area contributed by atoms with Crippen LogP contribution < -0.4 is 10.6 Å². The van der Waals surface area contributed by atoms with Crippen molar-refractivity contribution in [1.29, 1.82) is 0 Å². The molecule has 1 saturated heterocycles. The molecule has 0 aromatic heterocycles. The van der Waals surface area contributed by atoms with E-state index in [4.69, 9.17) is 14.2 Å². The van der Waals surface area contributed by atoms with Crippen molar-refractivity contribution in [3.05, 3.63) is 83.4 Å². The van der Waals surface area contributed by atoms with E-state index in [1.807, 2.05) is 60.7 Å². The summed E-state index contributed by atoms with van der Waals surface area (Å²) in [7, 11) is 0. The first kappa shape index (κ1) is 33.3. The number of amides is 2. The molecule has 6 atom stereocenters. The molecule has 0 saturated carbocycles. The lowest BCUT2D eigenvalue weighted by molar-refractivity contribution is -0.156. The second kappa shape index (κ2) is 14.0. The summed E-state index contributed by atoms with van der Waals surface area (Å²) in [6, 6.07) is 16.5. The Balaban J connectivity index is 1.47. The zero-order chi connectivity index (χ0) is 32.1. The van der Waals surface area contributed by atoms with Crippen molar-refractivity contribution in [1.82, 2.24) is 10.6 Å². The standard InChI is InChI=1S/C33H42N2O9/c1-20(37)28(31(41)34-24(19-36)15-16-27(39)43-32(2,3)4)35-30(40)21-17-25(38)29-26(18-21)42-33(44-29,22-11-7-5-8-12-22)23-13-9-6-10-14-23/h5-14,18,20,24-26,28-29,36-38H,15-17,19H2,1-4H3,(H,34,41)(H,35,40)/t20-,24-,25+,26+,28+,29-/m0/s1. The number of benzene rings is 2. The van der Waals surface area contributed by atoms with Gasteiger partial charge in [0.15, 0.2) is 0 Å². The maximum absolute atomic E-state index is 13.4. The Morgan fingerprint density at radius 2 is 1.59 bits per heavy atom. The molecule has 1 heterocycles. The molecule has 2 amide bonds. The van der Waals surface area contributed by atoms with Crippen LogP contribution in [0, 0.1) is 0 Å². The lowest BCUT2D eigenvalue weighted by Gasteiger charge is -2.30. The molecule has 4 rings (SSSR count). The summed E-state index contributed by atoms with van der Waals surface area (Å²) in [6.07, 6.45) is -2.37. The van der Waals surface area contributed by atoms with Crippen molar-refractivity contribution in [2.45, 2.75) is 94.8 Å². The van der Waals surface area contributed by atoms with Gasteiger partial charge in [-0.05, 0) is 40.2 Å². The van der Waals surface area contributed by atoms with Gasteiger partial charge in [0.2, 0.25) is 17.6 Å². The van der Waals surface area contributed by atoms with Crippen LogP contribution in [0.15, 0.2) is 72.3 Å². The minimum Gasteiger partial charge on any atom is -0.460 e. The Morgan fingerprint density at radius 1 is 1.00 bits per heavy atom. The molecule has 0 radical (unpaired) electrons. The first-order chi connectivity index (χ1) is 20.8. The van der Waals surface area contributed by atoms with Crippen molar-refractivity contribution in [3.63, 3.8) is 0 Å². The van der Waals surface area contributed by atoms with Crippen molar-refractivity contribution < 1.29 is 43.9 Å². The molecule has 0 bridgehead atoms. The highest BCUT2D eigenvalue weighted by Crippen LogP contribution is 2.46. The van der Waals surface area contributed by atoms with Crippen LogP contribution in [0.25, 0.3) is 0 Å². The van der Waals surface area contributed by atoms with Crippen LogP contribution in [0.3, 0.4) is 0 Å². The molecular formula is C33H42N2O9. The maximum Gasteiger partial charge on any atom is 0.306 e. The number of rotatable bonds is 11. The average Bonchev–Trinajstić information content (AvgIpc) is 3.39. The summed E-state index contributed by atoms with van der Waals surface area (Å²) < 4.78 is 18.2. The molecule has 0 spiro atoms. The summed E-state index contributed by atoms with van der Waals surface area (Å²) in [5.41, 5.74) is 0.950. The van der Waals surface area contributed by atoms with Crippen LogP contribution in [0.2, 0.25) is 0 Å². The molecular weight excluding hydrogens is 568 g/mol. The number of aliphatic hydroxyl groups is 3. The van der Waals surface area contributed by atoms with E-state index in [-0.39, 0.29) is 24.8 Å². The summed E-state index contributed by atoms with van der Waals surface area (Å²) in [6.45, 7) is 6.10. The number of hydrogen-bond donors (Lipinski definition) is 5. The predicted octanol–water partition coefficient (Wildman–Crippen LogP) is 1.83. The number of carbonyl (C=O) groups is 3. The Kier molecular flexibility index (Phi) is 10.6. The van der Waals surface area contributed by atoms with E-state index < -0.39 is 72.3 Å². The molecule has 1 fully saturated rings. The highest BCUT2D eigenvalue weighted by molar-refractivity contribution is 5.97. The topological polar surface area (TPSA) is 164 Å². The molecule has 2 aliphatic rings. The molecule has 5 N–H and O–H groups in total. The number of carbonyl (C=O) groups excluding carboxylic acids is 3. The quantitative estimate of drug-likeness (QED) is 0.239. The normalized spacial score (nSPS) is 23.0. The third kappa shape index (κ3) is 7.91. The lowest BCUT2D eigenvalue weighted by atomic mass is 9.91.